The lowest BCUT2D eigenvalue weighted by Crippen LogP contribution is -2.30. The molecule has 0 atom stereocenters. The molecule has 0 saturated heterocycles. The lowest BCUT2D eigenvalue weighted by Gasteiger charge is -2.33. The number of rotatable bonds is 7. The molecule has 0 saturated carbocycles. The number of anilines is 4. The third kappa shape index (κ3) is 3.63. The number of amides is 1. The van der Waals surface area contributed by atoms with E-state index in [-0.39, 0.29) is 11.8 Å². The van der Waals surface area contributed by atoms with Gasteiger partial charge >= 0.3 is 0 Å². The second-order valence-electron chi connectivity index (χ2n) is 6.61. The zero-order valence-corrected chi connectivity index (χ0v) is 17.8. The van der Waals surface area contributed by atoms with Crippen molar-refractivity contribution < 1.29 is 9.53 Å². The number of hydrogen-bond donors (Lipinski definition) is 0. The van der Waals surface area contributed by atoms with Crippen LogP contribution in [0.15, 0.2) is 36.4 Å². The second kappa shape index (κ2) is 8.74. The van der Waals surface area contributed by atoms with Gasteiger partial charge in [0.25, 0.3) is 0 Å². The summed E-state index contributed by atoms with van der Waals surface area (Å²) in [5.74, 6) is 1.09. The topological polar surface area (TPSA) is 36.0 Å². The van der Waals surface area contributed by atoms with Crippen molar-refractivity contribution in [3.8, 4) is 11.5 Å². The largest absolute Gasteiger partial charge is 0.453 e. The first kappa shape index (κ1) is 20.3. The Bertz CT molecular complexity index is 786. The Kier molecular flexibility index (Phi) is 6.35. The fraction of sp³-hybridized carbons (Fsp3) is 0.409. The lowest BCUT2D eigenvalue weighted by atomic mass is 10.1. The number of alkyl halides is 1. The molecule has 1 amide bonds. The van der Waals surface area contributed by atoms with Crippen LogP contribution in [0.3, 0.4) is 0 Å². The van der Waals surface area contributed by atoms with Crippen LogP contribution >= 0.6 is 11.6 Å². The number of carbonyl (C=O) groups is 1. The summed E-state index contributed by atoms with van der Waals surface area (Å²) in [6.07, 6.45) is 0. The molecular formula is C22H28ClN3O2. The van der Waals surface area contributed by atoms with Crippen molar-refractivity contribution in [2.45, 2.75) is 27.7 Å². The molecule has 0 fully saturated rings. The number of nitrogens with zero attached hydrogens (tertiary/aromatic N) is 3. The third-order valence-corrected chi connectivity index (χ3v) is 5.44. The normalized spacial score (nSPS) is 12.1. The number of hydrogen-bond acceptors (Lipinski definition) is 4. The zero-order chi connectivity index (χ0) is 20.3. The molecule has 28 heavy (non-hydrogen) atoms. The van der Waals surface area contributed by atoms with Crippen LogP contribution in [-0.4, -0.2) is 38.0 Å². The fourth-order valence-corrected chi connectivity index (χ4v) is 3.81. The van der Waals surface area contributed by atoms with Crippen LogP contribution in [0.1, 0.15) is 27.7 Å². The van der Waals surface area contributed by atoms with E-state index in [1.807, 2.05) is 36.4 Å². The van der Waals surface area contributed by atoms with Crippen molar-refractivity contribution in [1.29, 1.82) is 0 Å². The number of halogens is 1. The first-order valence-electron chi connectivity index (χ1n) is 9.92. The maximum absolute atomic E-state index is 12.7. The maximum atomic E-state index is 12.7. The smallest absolute Gasteiger partial charge is 0.246 e. The molecule has 0 unspecified atom stereocenters. The summed E-state index contributed by atoms with van der Waals surface area (Å²) in [5.41, 5.74) is 3.60. The molecular weight excluding hydrogens is 374 g/mol. The summed E-state index contributed by atoms with van der Waals surface area (Å²) in [6.45, 7) is 12.1. The van der Waals surface area contributed by atoms with E-state index in [0.29, 0.717) is 11.5 Å². The fourth-order valence-electron chi connectivity index (χ4n) is 3.69. The predicted octanol–water partition coefficient (Wildman–Crippen LogP) is 5.39. The highest BCUT2D eigenvalue weighted by Gasteiger charge is 2.30. The van der Waals surface area contributed by atoms with Crippen LogP contribution in [0.2, 0.25) is 0 Å². The number of carbonyl (C=O) groups excluding carboxylic acids is 1. The van der Waals surface area contributed by atoms with Crippen molar-refractivity contribution in [3.63, 3.8) is 0 Å². The van der Waals surface area contributed by atoms with Crippen LogP contribution in [0.5, 0.6) is 11.5 Å². The van der Waals surface area contributed by atoms with Gasteiger partial charge in [-0.1, -0.05) is 0 Å². The molecule has 0 N–H and O–H groups in total. The first-order valence-corrected chi connectivity index (χ1v) is 10.5. The molecule has 2 aromatic rings. The molecule has 150 valence electrons. The molecule has 0 radical (unpaired) electrons. The molecule has 1 heterocycles. The van der Waals surface area contributed by atoms with E-state index in [1.54, 1.807) is 4.90 Å². The average Bonchev–Trinajstić information content (AvgIpc) is 2.73. The molecule has 3 rings (SSSR count). The highest BCUT2D eigenvalue weighted by atomic mass is 35.5. The quantitative estimate of drug-likeness (QED) is 0.583. The van der Waals surface area contributed by atoms with E-state index in [1.165, 1.54) is 0 Å². The molecule has 0 spiro atoms. The van der Waals surface area contributed by atoms with Crippen molar-refractivity contribution in [2.75, 3.05) is 46.8 Å². The molecule has 0 bridgehead atoms. The molecule has 1 aliphatic heterocycles. The Morgan fingerprint density at radius 2 is 1.29 bits per heavy atom. The van der Waals surface area contributed by atoms with Crippen LogP contribution in [-0.2, 0) is 4.79 Å². The average molecular weight is 402 g/mol. The Morgan fingerprint density at radius 3 is 1.64 bits per heavy atom. The molecule has 5 nitrogen and oxygen atoms in total. The van der Waals surface area contributed by atoms with Gasteiger partial charge in [-0.25, -0.2) is 0 Å². The van der Waals surface area contributed by atoms with E-state index >= 15 is 0 Å². The van der Waals surface area contributed by atoms with E-state index < -0.39 is 0 Å². The number of ether oxygens (including phenoxy) is 1. The summed E-state index contributed by atoms with van der Waals surface area (Å²) in [6, 6.07) is 11.9. The van der Waals surface area contributed by atoms with Crippen molar-refractivity contribution in [2.24, 2.45) is 0 Å². The summed E-state index contributed by atoms with van der Waals surface area (Å²) in [5, 5.41) is 0. The first-order chi connectivity index (χ1) is 13.6. The van der Waals surface area contributed by atoms with Gasteiger partial charge in [-0.15, -0.1) is 11.6 Å². The van der Waals surface area contributed by atoms with Crippen LogP contribution < -0.4 is 19.4 Å². The highest BCUT2D eigenvalue weighted by Crippen LogP contribution is 2.49. The maximum Gasteiger partial charge on any atom is 0.246 e. The second-order valence-corrected chi connectivity index (χ2v) is 6.88. The van der Waals surface area contributed by atoms with Gasteiger partial charge in [0.15, 0.2) is 11.5 Å². The Labute approximate surface area is 172 Å². The van der Waals surface area contributed by atoms with Gasteiger partial charge in [0.2, 0.25) is 5.91 Å². The zero-order valence-electron chi connectivity index (χ0n) is 17.0. The number of fused-ring (bicyclic) bond motifs is 2. The van der Waals surface area contributed by atoms with Gasteiger partial charge in [-0.05, 0) is 52.0 Å². The monoisotopic (exact) mass is 401 g/mol. The standard InChI is InChI=1S/C22H28ClN3O2/c1-5-24(6-2)16-9-11-18-20(13-16)28-21-14-17(25(7-3)8-4)10-12-19(21)26(18)22(27)15-23/h9-14H,5-8,15H2,1-4H3. The summed E-state index contributed by atoms with van der Waals surface area (Å²) in [7, 11) is 0. The number of benzene rings is 2. The Hall–Kier alpha value is -2.40. The van der Waals surface area contributed by atoms with Gasteiger partial charge in [0.1, 0.15) is 5.88 Å². The third-order valence-electron chi connectivity index (χ3n) is 5.21. The van der Waals surface area contributed by atoms with Gasteiger partial charge in [-0.3, -0.25) is 9.69 Å². The van der Waals surface area contributed by atoms with Crippen molar-refractivity contribution in [3.05, 3.63) is 36.4 Å². The van der Waals surface area contributed by atoms with Gasteiger partial charge in [-0.2, -0.15) is 0 Å². The summed E-state index contributed by atoms with van der Waals surface area (Å²) in [4.78, 5) is 18.8. The Balaban J connectivity index is 2.10. The van der Waals surface area contributed by atoms with Crippen LogP contribution in [0.4, 0.5) is 22.7 Å². The van der Waals surface area contributed by atoms with Gasteiger partial charge in [0.05, 0.1) is 11.4 Å². The minimum absolute atomic E-state index is 0.0888. The highest BCUT2D eigenvalue weighted by molar-refractivity contribution is 6.30. The summed E-state index contributed by atoms with van der Waals surface area (Å²) >= 11 is 5.92. The molecule has 6 heteroatoms. The Morgan fingerprint density at radius 1 is 0.857 bits per heavy atom. The van der Waals surface area contributed by atoms with E-state index in [4.69, 9.17) is 16.3 Å². The SMILES string of the molecule is CCN(CC)c1ccc2c(c1)Oc1cc(N(CC)CC)ccc1N2C(=O)CCl. The summed E-state index contributed by atoms with van der Waals surface area (Å²) < 4.78 is 6.27. The minimum Gasteiger partial charge on any atom is -0.453 e. The molecule has 0 aromatic heterocycles. The molecule has 2 aromatic carbocycles. The van der Waals surface area contributed by atoms with Crippen LogP contribution in [0, 0.1) is 0 Å². The van der Waals surface area contributed by atoms with E-state index in [0.717, 1.165) is 48.9 Å². The van der Waals surface area contributed by atoms with Crippen molar-refractivity contribution >= 4 is 40.3 Å². The molecule has 1 aliphatic rings. The van der Waals surface area contributed by atoms with E-state index in [9.17, 15) is 4.79 Å². The van der Waals surface area contributed by atoms with Crippen molar-refractivity contribution in [1.82, 2.24) is 0 Å². The minimum atomic E-state index is -0.168. The van der Waals surface area contributed by atoms with Gasteiger partial charge in [0, 0.05) is 49.7 Å². The van der Waals surface area contributed by atoms with Crippen LogP contribution in [0.25, 0.3) is 0 Å². The predicted molar refractivity (Wildman–Crippen MR) is 118 cm³/mol. The van der Waals surface area contributed by atoms with Gasteiger partial charge < -0.3 is 14.5 Å². The van der Waals surface area contributed by atoms with E-state index in [2.05, 4.69) is 37.5 Å². The molecule has 0 aliphatic carbocycles. The lowest BCUT2D eigenvalue weighted by molar-refractivity contribution is -0.115.